The number of amides is 2. The number of hydrogen-bond acceptors (Lipinski definition) is 4. The molecular formula is C26H41N3O3. The number of benzene rings is 1. The van der Waals surface area contributed by atoms with Crippen LogP contribution in [0, 0.1) is 17.8 Å². The summed E-state index contributed by atoms with van der Waals surface area (Å²) in [5.41, 5.74) is 0. The molecule has 6 nitrogen and oxygen atoms in total. The zero-order valence-corrected chi connectivity index (χ0v) is 20.3. The van der Waals surface area contributed by atoms with Gasteiger partial charge in [0, 0.05) is 26.2 Å². The first kappa shape index (κ1) is 24.6. The lowest BCUT2D eigenvalue weighted by molar-refractivity contribution is -0.150. The van der Waals surface area contributed by atoms with Gasteiger partial charge in [0.15, 0.2) is 0 Å². The number of likely N-dealkylation sites (tertiary alicyclic amines) is 1. The highest BCUT2D eigenvalue weighted by Gasteiger charge is 2.39. The van der Waals surface area contributed by atoms with Crippen LogP contribution < -0.4 is 10.1 Å². The summed E-state index contributed by atoms with van der Waals surface area (Å²) < 4.78 is 5.93. The highest BCUT2D eigenvalue weighted by atomic mass is 16.5. The Hall–Kier alpha value is -2.08. The van der Waals surface area contributed by atoms with Crippen molar-refractivity contribution in [3.05, 3.63) is 30.3 Å². The Bertz CT molecular complexity index is 729. The number of hydrogen-bond donors (Lipinski definition) is 1. The van der Waals surface area contributed by atoms with Gasteiger partial charge in [-0.25, -0.2) is 0 Å². The number of rotatable bonds is 9. The Labute approximate surface area is 193 Å². The summed E-state index contributed by atoms with van der Waals surface area (Å²) in [6.45, 7) is 12.1. The number of carbonyl (C=O) groups is 2. The molecule has 0 saturated carbocycles. The zero-order chi connectivity index (χ0) is 23.1. The molecule has 2 saturated heterocycles. The summed E-state index contributed by atoms with van der Waals surface area (Å²) in [4.78, 5) is 30.6. The number of piperazine rings is 1. The number of nitrogens with zero attached hydrogens (tertiary/aromatic N) is 2. The largest absolute Gasteiger partial charge is 0.493 e. The summed E-state index contributed by atoms with van der Waals surface area (Å²) in [6.07, 6.45) is 3.41. The summed E-state index contributed by atoms with van der Waals surface area (Å²) in [5.74, 6) is 2.37. The highest BCUT2D eigenvalue weighted by molar-refractivity contribution is 5.90. The van der Waals surface area contributed by atoms with E-state index in [0.717, 1.165) is 51.1 Å². The fourth-order valence-electron chi connectivity index (χ4n) is 4.79. The van der Waals surface area contributed by atoms with Crippen LogP contribution in [-0.2, 0) is 9.59 Å². The average Bonchev–Trinajstić information content (AvgIpc) is 2.78. The zero-order valence-electron chi connectivity index (χ0n) is 20.3. The first-order valence-electron chi connectivity index (χ1n) is 12.4. The van der Waals surface area contributed by atoms with Gasteiger partial charge in [-0.3, -0.25) is 9.59 Å². The van der Waals surface area contributed by atoms with Crippen molar-refractivity contribution in [3.63, 3.8) is 0 Å². The molecule has 0 unspecified atom stereocenters. The van der Waals surface area contributed by atoms with Crippen molar-refractivity contribution in [2.45, 2.75) is 65.5 Å². The van der Waals surface area contributed by atoms with Gasteiger partial charge in [-0.15, -0.1) is 0 Å². The molecule has 0 spiro atoms. The van der Waals surface area contributed by atoms with E-state index in [1.165, 1.54) is 0 Å². The lowest BCUT2D eigenvalue weighted by Gasteiger charge is -2.42. The monoisotopic (exact) mass is 443 g/mol. The van der Waals surface area contributed by atoms with Gasteiger partial charge >= 0.3 is 0 Å². The quantitative estimate of drug-likeness (QED) is 0.634. The maximum absolute atomic E-state index is 13.6. The number of para-hydroxylation sites is 1. The van der Waals surface area contributed by atoms with E-state index in [2.05, 4.69) is 33.0 Å². The van der Waals surface area contributed by atoms with Gasteiger partial charge in [-0.2, -0.15) is 0 Å². The van der Waals surface area contributed by atoms with Crippen LogP contribution in [0.15, 0.2) is 30.3 Å². The maximum atomic E-state index is 13.6. The Morgan fingerprint density at radius 3 is 2.38 bits per heavy atom. The molecule has 2 fully saturated rings. The predicted octanol–water partition coefficient (Wildman–Crippen LogP) is 3.57. The minimum Gasteiger partial charge on any atom is -0.493 e. The van der Waals surface area contributed by atoms with Gasteiger partial charge < -0.3 is 19.9 Å². The molecule has 0 aliphatic carbocycles. The van der Waals surface area contributed by atoms with Crippen molar-refractivity contribution < 1.29 is 14.3 Å². The molecule has 0 bridgehead atoms. The molecule has 32 heavy (non-hydrogen) atoms. The van der Waals surface area contributed by atoms with Crippen molar-refractivity contribution in [1.82, 2.24) is 15.1 Å². The van der Waals surface area contributed by atoms with Crippen LogP contribution in [-0.4, -0.2) is 66.5 Å². The van der Waals surface area contributed by atoms with Gasteiger partial charge in [-0.05, 0) is 55.6 Å². The third-order valence-corrected chi connectivity index (χ3v) is 6.54. The molecule has 1 N–H and O–H groups in total. The van der Waals surface area contributed by atoms with E-state index in [-0.39, 0.29) is 23.9 Å². The van der Waals surface area contributed by atoms with Gasteiger partial charge in [0.25, 0.3) is 0 Å². The minimum absolute atomic E-state index is 0.0927. The van der Waals surface area contributed by atoms with Crippen LogP contribution in [0.4, 0.5) is 0 Å². The number of ether oxygens (including phenoxy) is 1. The summed E-state index contributed by atoms with van der Waals surface area (Å²) >= 11 is 0. The number of piperidine rings is 1. The molecule has 3 rings (SSSR count). The molecule has 0 radical (unpaired) electrons. The molecule has 1 aromatic carbocycles. The van der Waals surface area contributed by atoms with E-state index in [9.17, 15) is 9.59 Å². The second kappa shape index (κ2) is 11.7. The number of nitrogens with one attached hydrogen (secondary N) is 1. The molecule has 2 amide bonds. The van der Waals surface area contributed by atoms with Crippen LogP contribution in [0.5, 0.6) is 5.75 Å². The summed E-state index contributed by atoms with van der Waals surface area (Å²) in [7, 11) is 0. The third kappa shape index (κ3) is 6.71. The lowest BCUT2D eigenvalue weighted by atomic mass is 9.94. The van der Waals surface area contributed by atoms with Crippen LogP contribution in [0.3, 0.4) is 0 Å². The van der Waals surface area contributed by atoms with Crippen molar-refractivity contribution in [2.24, 2.45) is 17.8 Å². The standard InChI is InChI=1S/C26H41N3O3/c1-19(2)16-23-25(30)29(15-12-27-23)24(17-20(3)4)26(31)28-13-10-21(11-14-28)18-32-22-8-6-5-7-9-22/h5-9,19-21,23-24,27H,10-18H2,1-4H3/t23-,24-/m0/s1. The van der Waals surface area contributed by atoms with Crippen LogP contribution in [0.2, 0.25) is 0 Å². The molecule has 2 aliphatic rings. The molecule has 178 valence electrons. The van der Waals surface area contributed by atoms with Crippen molar-refractivity contribution >= 4 is 11.8 Å². The lowest BCUT2D eigenvalue weighted by Crippen LogP contribution is -2.62. The molecule has 2 atom stereocenters. The smallest absolute Gasteiger partial charge is 0.245 e. The van der Waals surface area contributed by atoms with Crippen molar-refractivity contribution in [2.75, 3.05) is 32.8 Å². The van der Waals surface area contributed by atoms with E-state index in [1.54, 1.807) is 0 Å². The van der Waals surface area contributed by atoms with E-state index in [4.69, 9.17) is 4.74 Å². The molecule has 0 aromatic heterocycles. The summed E-state index contributed by atoms with van der Waals surface area (Å²) in [6, 6.07) is 9.38. The van der Waals surface area contributed by atoms with Crippen molar-refractivity contribution in [1.29, 1.82) is 0 Å². The minimum atomic E-state index is -0.351. The van der Waals surface area contributed by atoms with E-state index < -0.39 is 0 Å². The molecular weight excluding hydrogens is 402 g/mol. The predicted molar refractivity (Wildman–Crippen MR) is 127 cm³/mol. The maximum Gasteiger partial charge on any atom is 0.245 e. The molecule has 1 aromatic rings. The average molecular weight is 444 g/mol. The van der Waals surface area contributed by atoms with Crippen LogP contribution >= 0.6 is 0 Å². The fourth-order valence-corrected chi connectivity index (χ4v) is 4.79. The van der Waals surface area contributed by atoms with E-state index in [1.807, 2.05) is 40.1 Å². The van der Waals surface area contributed by atoms with Gasteiger partial charge in [0.1, 0.15) is 11.8 Å². The van der Waals surface area contributed by atoms with Gasteiger partial charge in [-0.1, -0.05) is 45.9 Å². The molecule has 2 heterocycles. The normalized spacial score (nSPS) is 21.3. The first-order valence-corrected chi connectivity index (χ1v) is 12.4. The second-order valence-electron chi connectivity index (χ2n) is 10.2. The third-order valence-electron chi connectivity index (χ3n) is 6.54. The topological polar surface area (TPSA) is 61.9 Å². The van der Waals surface area contributed by atoms with Crippen LogP contribution in [0.1, 0.15) is 53.4 Å². The van der Waals surface area contributed by atoms with E-state index >= 15 is 0 Å². The van der Waals surface area contributed by atoms with Gasteiger partial charge in [0.05, 0.1) is 12.6 Å². The second-order valence-corrected chi connectivity index (χ2v) is 10.2. The highest BCUT2D eigenvalue weighted by Crippen LogP contribution is 2.24. The molecule has 2 aliphatic heterocycles. The van der Waals surface area contributed by atoms with E-state index in [0.29, 0.717) is 30.9 Å². The Balaban J connectivity index is 1.58. The Morgan fingerprint density at radius 1 is 1.06 bits per heavy atom. The Morgan fingerprint density at radius 2 is 1.75 bits per heavy atom. The summed E-state index contributed by atoms with van der Waals surface area (Å²) in [5, 5.41) is 3.36. The Kier molecular flexibility index (Phi) is 8.97. The van der Waals surface area contributed by atoms with Crippen molar-refractivity contribution in [3.8, 4) is 5.75 Å². The fraction of sp³-hybridized carbons (Fsp3) is 0.692. The van der Waals surface area contributed by atoms with Crippen LogP contribution in [0.25, 0.3) is 0 Å². The number of carbonyl (C=O) groups excluding carboxylic acids is 2. The molecule has 6 heteroatoms. The SMILES string of the molecule is CC(C)C[C@@H]1NCCN([C@@H](CC(C)C)C(=O)N2CCC(COc3ccccc3)CC2)C1=O. The first-order chi connectivity index (χ1) is 15.3. The van der Waals surface area contributed by atoms with Gasteiger partial charge in [0.2, 0.25) is 11.8 Å².